The molecule has 0 heterocycles. The van der Waals surface area contributed by atoms with Gasteiger partial charge in [-0.05, 0) is 0 Å². The van der Waals surface area contributed by atoms with Gasteiger partial charge in [-0.15, -0.1) is 0 Å². The van der Waals surface area contributed by atoms with Crippen LogP contribution >= 0.6 is 0 Å². The predicted octanol–water partition coefficient (Wildman–Crippen LogP) is -1.33. The van der Waals surface area contributed by atoms with Crippen LogP contribution < -0.4 is 10.6 Å². The lowest BCUT2D eigenvalue weighted by Gasteiger charge is -2.05. The van der Waals surface area contributed by atoms with Gasteiger partial charge in [-0.2, -0.15) is 0 Å². The maximum atomic E-state index is 11.3. The predicted molar refractivity (Wildman–Crippen MR) is 56.0 cm³/mol. The number of nitrogens with one attached hydrogen (secondary N) is 2. The van der Waals surface area contributed by atoms with E-state index in [0.717, 1.165) is 0 Å². The minimum atomic E-state index is -3.20. The minimum absolute atomic E-state index is 0.105. The first-order chi connectivity index (χ1) is 6.83. The van der Waals surface area contributed by atoms with E-state index in [0.29, 0.717) is 0 Å². The first kappa shape index (κ1) is 13.9. The average Bonchev–Trinajstić information content (AvgIpc) is 2.01. The van der Waals surface area contributed by atoms with Crippen molar-refractivity contribution in [2.75, 3.05) is 24.6 Å². The summed E-state index contributed by atoms with van der Waals surface area (Å²) in [5, 5.41) is 4.79. The van der Waals surface area contributed by atoms with Gasteiger partial charge in [-0.1, -0.05) is 0 Å². The molecular formula is C8H16N2O4S. The van der Waals surface area contributed by atoms with Crippen LogP contribution in [0.2, 0.25) is 0 Å². The minimum Gasteiger partial charge on any atom is -0.355 e. The molecule has 0 saturated carbocycles. The van der Waals surface area contributed by atoms with Crippen LogP contribution in [-0.2, 0) is 19.4 Å². The Labute approximate surface area is 89.3 Å². The summed E-state index contributed by atoms with van der Waals surface area (Å²) in [7, 11) is -3.20. The third-order valence-electron chi connectivity index (χ3n) is 1.57. The van der Waals surface area contributed by atoms with Crippen LogP contribution in [-0.4, -0.2) is 44.8 Å². The molecule has 0 fully saturated rings. The van der Waals surface area contributed by atoms with Crippen molar-refractivity contribution in [3.8, 4) is 0 Å². The van der Waals surface area contributed by atoms with Gasteiger partial charge < -0.3 is 10.6 Å². The Kier molecular flexibility index (Phi) is 5.92. The van der Waals surface area contributed by atoms with Crippen molar-refractivity contribution < 1.29 is 18.0 Å². The molecule has 15 heavy (non-hydrogen) atoms. The smallest absolute Gasteiger partial charge is 0.216 e. The van der Waals surface area contributed by atoms with Crippen molar-refractivity contribution in [2.24, 2.45) is 0 Å². The molecule has 7 heteroatoms. The van der Waals surface area contributed by atoms with Crippen LogP contribution in [0, 0.1) is 0 Å². The van der Waals surface area contributed by atoms with E-state index in [4.69, 9.17) is 0 Å². The molecule has 2 N–H and O–H groups in total. The molecule has 6 nitrogen and oxygen atoms in total. The molecule has 0 radical (unpaired) electrons. The number of amides is 2. The molecule has 0 aromatic carbocycles. The normalized spacial score (nSPS) is 10.8. The Morgan fingerprint density at radius 2 is 1.27 bits per heavy atom. The van der Waals surface area contributed by atoms with E-state index in [1.165, 1.54) is 13.8 Å². The topological polar surface area (TPSA) is 92.3 Å². The van der Waals surface area contributed by atoms with Crippen molar-refractivity contribution in [3.05, 3.63) is 0 Å². The summed E-state index contributed by atoms with van der Waals surface area (Å²) >= 11 is 0. The van der Waals surface area contributed by atoms with E-state index >= 15 is 0 Å². The summed E-state index contributed by atoms with van der Waals surface area (Å²) in [6, 6.07) is 0. The van der Waals surface area contributed by atoms with Gasteiger partial charge >= 0.3 is 0 Å². The van der Waals surface area contributed by atoms with Crippen LogP contribution in [0.4, 0.5) is 0 Å². The standard InChI is InChI=1S/C8H16N2O4S/c1-7(11)9-3-5-15(13,14)6-4-10-8(2)12/h3-6H2,1-2H3,(H,9,11)(H,10,12). The maximum absolute atomic E-state index is 11.3. The van der Waals surface area contributed by atoms with Crippen LogP contribution in [0.15, 0.2) is 0 Å². The first-order valence-corrected chi connectivity index (χ1v) is 6.35. The molecule has 0 bridgehead atoms. The zero-order chi connectivity index (χ0) is 11.9. The van der Waals surface area contributed by atoms with Crippen LogP contribution in [0.25, 0.3) is 0 Å². The number of rotatable bonds is 6. The molecule has 0 aliphatic carbocycles. The summed E-state index contributed by atoms with van der Waals surface area (Å²) in [6.45, 7) is 2.86. The highest BCUT2D eigenvalue weighted by molar-refractivity contribution is 7.91. The molecule has 0 atom stereocenters. The van der Waals surface area contributed by atoms with Gasteiger partial charge in [0.15, 0.2) is 9.84 Å². The second kappa shape index (κ2) is 6.39. The fourth-order valence-corrected chi connectivity index (χ4v) is 1.90. The molecule has 0 saturated heterocycles. The van der Waals surface area contributed by atoms with Gasteiger partial charge in [-0.3, -0.25) is 9.59 Å². The van der Waals surface area contributed by atoms with E-state index in [1.54, 1.807) is 0 Å². The molecule has 0 aromatic rings. The van der Waals surface area contributed by atoms with Crippen molar-refractivity contribution in [2.45, 2.75) is 13.8 Å². The number of hydrogen-bond donors (Lipinski definition) is 2. The Morgan fingerprint density at radius 3 is 1.53 bits per heavy atom. The van der Waals surface area contributed by atoms with E-state index in [1.807, 2.05) is 0 Å². The average molecular weight is 236 g/mol. The molecule has 0 rings (SSSR count). The molecule has 0 aliphatic heterocycles. The third kappa shape index (κ3) is 9.20. The number of hydrogen-bond acceptors (Lipinski definition) is 4. The van der Waals surface area contributed by atoms with Crippen LogP contribution in [0.1, 0.15) is 13.8 Å². The Morgan fingerprint density at radius 1 is 0.933 bits per heavy atom. The SMILES string of the molecule is CC(=O)NCCS(=O)(=O)CCNC(C)=O. The molecule has 0 aliphatic rings. The number of carbonyl (C=O) groups is 2. The van der Waals surface area contributed by atoms with Gasteiger partial charge in [0.25, 0.3) is 0 Å². The fraction of sp³-hybridized carbons (Fsp3) is 0.750. The summed E-state index contributed by atoms with van der Waals surface area (Å²) < 4.78 is 22.6. The monoisotopic (exact) mass is 236 g/mol. The van der Waals surface area contributed by atoms with E-state index in [-0.39, 0.29) is 36.4 Å². The molecule has 0 aromatic heterocycles. The summed E-state index contributed by atoms with van der Waals surface area (Å²) in [6.07, 6.45) is 0. The highest BCUT2D eigenvalue weighted by atomic mass is 32.2. The van der Waals surface area contributed by atoms with Crippen molar-refractivity contribution in [3.63, 3.8) is 0 Å². The van der Waals surface area contributed by atoms with Crippen LogP contribution in [0.3, 0.4) is 0 Å². The van der Waals surface area contributed by atoms with E-state index in [2.05, 4.69) is 10.6 Å². The van der Waals surface area contributed by atoms with Crippen molar-refractivity contribution >= 4 is 21.7 Å². The Bertz CT molecular complexity index is 298. The fourth-order valence-electron chi connectivity index (χ4n) is 0.867. The zero-order valence-corrected chi connectivity index (χ0v) is 9.69. The third-order valence-corrected chi connectivity index (χ3v) is 3.23. The van der Waals surface area contributed by atoms with Crippen molar-refractivity contribution in [1.82, 2.24) is 10.6 Å². The molecule has 2 amide bonds. The Balaban J connectivity index is 3.77. The lowest BCUT2D eigenvalue weighted by molar-refractivity contribution is -0.119. The Hall–Kier alpha value is -1.11. The van der Waals surface area contributed by atoms with Gasteiger partial charge in [0.2, 0.25) is 11.8 Å². The summed E-state index contributed by atoms with van der Waals surface area (Å²) in [4.78, 5) is 20.9. The number of carbonyl (C=O) groups excluding carboxylic acids is 2. The summed E-state index contributed by atoms with van der Waals surface area (Å²) in [5.74, 6) is -0.725. The quantitative estimate of drug-likeness (QED) is 0.598. The van der Waals surface area contributed by atoms with Gasteiger partial charge in [0.1, 0.15) is 0 Å². The zero-order valence-electron chi connectivity index (χ0n) is 8.87. The second-order valence-corrected chi connectivity index (χ2v) is 5.42. The highest BCUT2D eigenvalue weighted by Crippen LogP contribution is 1.87. The van der Waals surface area contributed by atoms with Gasteiger partial charge in [0.05, 0.1) is 11.5 Å². The first-order valence-electron chi connectivity index (χ1n) is 4.53. The van der Waals surface area contributed by atoms with Crippen molar-refractivity contribution in [1.29, 1.82) is 0 Å². The molecule has 0 spiro atoms. The largest absolute Gasteiger partial charge is 0.355 e. The molecule has 0 unspecified atom stereocenters. The maximum Gasteiger partial charge on any atom is 0.216 e. The molecule has 88 valence electrons. The number of sulfone groups is 1. The molecular weight excluding hydrogens is 220 g/mol. The van der Waals surface area contributed by atoms with Gasteiger partial charge in [-0.25, -0.2) is 8.42 Å². The van der Waals surface area contributed by atoms with E-state index in [9.17, 15) is 18.0 Å². The van der Waals surface area contributed by atoms with Crippen LogP contribution in [0.5, 0.6) is 0 Å². The lowest BCUT2D eigenvalue weighted by Crippen LogP contribution is -2.31. The summed E-state index contributed by atoms with van der Waals surface area (Å²) in [5.41, 5.74) is 0. The second-order valence-electron chi connectivity index (χ2n) is 3.12. The van der Waals surface area contributed by atoms with E-state index < -0.39 is 9.84 Å². The highest BCUT2D eigenvalue weighted by Gasteiger charge is 2.10. The lowest BCUT2D eigenvalue weighted by atomic mass is 10.6. The van der Waals surface area contributed by atoms with Gasteiger partial charge in [0, 0.05) is 26.9 Å².